The van der Waals surface area contributed by atoms with Crippen molar-refractivity contribution in [1.29, 1.82) is 0 Å². The van der Waals surface area contributed by atoms with Gasteiger partial charge in [-0.3, -0.25) is 20.2 Å². The van der Waals surface area contributed by atoms with Gasteiger partial charge < -0.3 is 19.7 Å². The SMILES string of the molecule is C=CCC[C@H]1C[C@H](CCC)[C@H](O)[C@@H]1Oc1nc(C)nc(C)c1[N+](=O)[O-].C=CCC[C@H]1C[C@H](CCC)[C@H](Oc2nc(C)nc(C)c2[N+](=O)[O-])[C@@H]1O. The molecule has 2 aliphatic rings. The molecule has 2 saturated carbocycles. The number of aromatic nitrogens is 4. The second-order valence-electron chi connectivity index (χ2n) is 13.5. The quantitative estimate of drug-likeness (QED) is 0.103. The van der Waals surface area contributed by atoms with Crippen LogP contribution in [0, 0.1) is 71.6 Å². The Balaban J connectivity index is 0.000000270. The van der Waals surface area contributed by atoms with Crippen LogP contribution < -0.4 is 9.47 Å². The highest BCUT2D eigenvalue weighted by Crippen LogP contribution is 2.42. The van der Waals surface area contributed by atoms with Crippen LogP contribution in [0.15, 0.2) is 25.3 Å². The maximum absolute atomic E-state index is 11.4. The van der Waals surface area contributed by atoms with E-state index >= 15 is 0 Å². The van der Waals surface area contributed by atoms with Gasteiger partial charge in [0, 0.05) is 0 Å². The molecular formula is C36H54N6O8. The smallest absolute Gasteiger partial charge is 0.351 e. The van der Waals surface area contributed by atoms with E-state index in [2.05, 4.69) is 46.9 Å². The normalized spacial score (nSPS) is 25.8. The topological polar surface area (TPSA) is 197 Å². The van der Waals surface area contributed by atoms with Crippen LogP contribution in [0.1, 0.15) is 101 Å². The van der Waals surface area contributed by atoms with Gasteiger partial charge in [0.1, 0.15) is 35.2 Å². The second-order valence-corrected chi connectivity index (χ2v) is 13.5. The lowest BCUT2D eigenvalue weighted by Gasteiger charge is -2.23. The molecule has 0 amide bonds. The Hall–Kier alpha value is -4.04. The summed E-state index contributed by atoms with van der Waals surface area (Å²) in [7, 11) is 0. The molecule has 14 nitrogen and oxygen atoms in total. The molecule has 0 aliphatic heterocycles. The summed E-state index contributed by atoms with van der Waals surface area (Å²) in [5.41, 5.74) is 0.102. The molecule has 2 aromatic heterocycles. The minimum atomic E-state index is -0.660. The third-order valence-corrected chi connectivity index (χ3v) is 9.72. The highest BCUT2D eigenvalue weighted by atomic mass is 16.6. The lowest BCUT2D eigenvalue weighted by atomic mass is 9.97. The average molecular weight is 699 g/mol. The van der Waals surface area contributed by atoms with Crippen LogP contribution in [0.3, 0.4) is 0 Å². The molecule has 2 aromatic rings. The predicted molar refractivity (Wildman–Crippen MR) is 189 cm³/mol. The van der Waals surface area contributed by atoms with E-state index in [1.54, 1.807) is 27.7 Å². The number of nitrogens with zero attached hydrogens (tertiary/aromatic N) is 6. The van der Waals surface area contributed by atoms with Crippen LogP contribution >= 0.6 is 0 Å². The number of aliphatic hydroxyl groups is 2. The summed E-state index contributed by atoms with van der Waals surface area (Å²) >= 11 is 0. The molecule has 276 valence electrons. The molecule has 2 heterocycles. The fourth-order valence-corrected chi connectivity index (χ4v) is 7.49. The summed E-state index contributed by atoms with van der Waals surface area (Å²) in [6.07, 6.45) is 10.2. The lowest BCUT2D eigenvalue weighted by molar-refractivity contribution is -0.387. The van der Waals surface area contributed by atoms with E-state index in [-0.39, 0.29) is 58.2 Å². The van der Waals surface area contributed by atoms with Crippen molar-refractivity contribution in [3.05, 3.63) is 68.6 Å². The number of hydrogen-bond donors (Lipinski definition) is 2. The van der Waals surface area contributed by atoms with Crippen molar-refractivity contribution >= 4 is 11.4 Å². The molecule has 14 heteroatoms. The van der Waals surface area contributed by atoms with Crippen LogP contribution in [-0.2, 0) is 0 Å². The predicted octanol–water partition coefficient (Wildman–Crippen LogP) is 7.02. The summed E-state index contributed by atoms with van der Waals surface area (Å²) in [6.45, 7) is 18.1. The molecule has 0 aromatic carbocycles. The number of hydrogen-bond acceptors (Lipinski definition) is 12. The molecule has 0 unspecified atom stereocenters. The van der Waals surface area contributed by atoms with Crippen LogP contribution in [-0.4, -0.2) is 64.4 Å². The fourth-order valence-electron chi connectivity index (χ4n) is 7.49. The van der Waals surface area contributed by atoms with Gasteiger partial charge in [-0.05, 0) is 103 Å². The van der Waals surface area contributed by atoms with Crippen LogP contribution in [0.2, 0.25) is 0 Å². The van der Waals surface area contributed by atoms with E-state index < -0.39 is 34.3 Å². The third kappa shape index (κ3) is 10.0. The number of ether oxygens (including phenoxy) is 2. The molecule has 0 saturated heterocycles. The van der Waals surface area contributed by atoms with Gasteiger partial charge >= 0.3 is 11.4 Å². The van der Waals surface area contributed by atoms with Crippen molar-refractivity contribution in [2.45, 2.75) is 130 Å². The average Bonchev–Trinajstić information content (AvgIpc) is 3.48. The molecule has 0 bridgehead atoms. The fraction of sp³-hybridized carbons (Fsp3) is 0.667. The van der Waals surface area contributed by atoms with Crippen LogP contribution in [0.4, 0.5) is 11.4 Å². The van der Waals surface area contributed by atoms with Gasteiger partial charge in [-0.25, -0.2) is 9.97 Å². The Morgan fingerprint density at radius 3 is 1.42 bits per heavy atom. The summed E-state index contributed by atoms with van der Waals surface area (Å²) < 4.78 is 11.9. The summed E-state index contributed by atoms with van der Waals surface area (Å²) in [6, 6.07) is 0. The highest BCUT2D eigenvalue weighted by molar-refractivity contribution is 5.45. The Morgan fingerprint density at radius 2 is 1.04 bits per heavy atom. The molecule has 50 heavy (non-hydrogen) atoms. The van der Waals surface area contributed by atoms with Crippen LogP contribution in [0.25, 0.3) is 0 Å². The van der Waals surface area contributed by atoms with E-state index in [0.717, 1.165) is 64.2 Å². The number of aliphatic hydroxyl groups excluding tert-OH is 2. The van der Waals surface area contributed by atoms with Crippen molar-refractivity contribution < 1.29 is 29.5 Å². The molecule has 8 atom stereocenters. The van der Waals surface area contributed by atoms with Gasteiger partial charge in [0.2, 0.25) is 0 Å². The molecule has 0 spiro atoms. The van der Waals surface area contributed by atoms with Gasteiger partial charge in [-0.2, -0.15) is 9.97 Å². The summed E-state index contributed by atoms with van der Waals surface area (Å²) in [4.78, 5) is 38.1. The molecule has 4 rings (SSSR count). The van der Waals surface area contributed by atoms with Gasteiger partial charge in [0.15, 0.2) is 0 Å². The van der Waals surface area contributed by atoms with Gasteiger partial charge in [-0.1, -0.05) is 38.8 Å². The largest absolute Gasteiger partial charge is 0.466 e. The first-order valence-electron chi connectivity index (χ1n) is 17.7. The second kappa shape index (κ2) is 18.8. The molecule has 2 N–H and O–H groups in total. The Morgan fingerprint density at radius 1 is 0.680 bits per heavy atom. The van der Waals surface area contributed by atoms with Crippen molar-refractivity contribution in [2.75, 3.05) is 0 Å². The monoisotopic (exact) mass is 698 g/mol. The zero-order valence-corrected chi connectivity index (χ0v) is 30.3. The Bertz CT molecular complexity index is 1490. The van der Waals surface area contributed by atoms with Crippen LogP contribution in [0.5, 0.6) is 11.8 Å². The maximum Gasteiger partial charge on any atom is 0.351 e. The lowest BCUT2D eigenvalue weighted by Crippen LogP contribution is -2.34. The van der Waals surface area contributed by atoms with Gasteiger partial charge in [0.05, 0.1) is 22.1 Å². The number of aryl methyl sites for hydroxylation is 4. The van der Waals surface area contributed by atoms with E-state index in [4.69, 9.17) is 9.47 Å². The molecule has 0 radical (unpaired) electrons. The van der Waals surface area contributed by atoms with Crippen molar-refractivity contribution in [1.82, 2.24) is 19.9 Å². The Labute approximate surface area is 294 Å². The first-order chi connectivity index (χ1) is 23.8. The zero-order chi connectivity index (χ0) is 37.1. The highest BCUT2D eigenvalue weighted by Gasteiger charge is 2.45. The van der Waals surface area contributed by atoms with E-state index in [0.29, 0.717) is 11.6 Å². The number of allylic oxidation sites excluding steroid dienone is 2. The zero-order valence-electron chi connectivity index (χ0n) is 30.3. The third-order valence-electron chi connectivity index (χ3n) is 9.72. The summed E-state index contributed by atoms with van der Waals surface area (Å²) in [5, 5.41) is 44.2. The van der Waals surface area contributed by atoms with Gasteiger partial charge in [0.25, 0.3) is 11.8 Å². The first-order valence-corrected chi connectivity index (χ1v) is 17.7. The van der Waals surface area contributed by atoms with Crippen molar-refractivity contribution in [3.8, 4) is 11.8 Å². The molecular weight excluding hydrogens is 644 g/mol. The Kier molecular flexibility index (Phi) is 15.2. The van der Waals surface area contributed by atoms with E-state index in [1.165, 1.54) is 0 Å². The minimum absolute atomic E-state index is 0.0375. The van der Waals surface area contributed by atoms with Crippen molar-refractivity contribution in [3.63, 3.8) is 0 Å². The number of rotatable bonds is 16. The minimum Gasteiger partial charge on any atom is -0.466 e. The van der Waals surface area contributed by atoms with E-state index in [9.17, 15) is 30.4 Å². The number of nitro groups is 2. The van der Waals surface area contributed by atoms with E-state index in [1.807, 2.05) is 12.2 Å². The first kappa shape index (κ1) is 40.4. The standard InChI is InChI=1S/2C18H27N3O4/c1-5-7-9-13-10-14(8-6-2)17(16(13)22)25-18-15(21(23)24)11(3)19-12(4)20-18;1-5-7-9-14-10-13(8-6-2)16(22)17(14)25-18-15(21(23)24)11(3)19-12(4)20-18/h2*5,13-14,16-17,22H,1,6-10H2,2-4H3/t13-,14-,16+,17-;13-,14-,16-,17+/m00/s1. The maximum atomic E-state index is 11.4. The van der Waals surface area contributed by atoms with Crippen molar-refractivity contribution in [2.24, 2.45) is 23.7 Å². The van der Waals surface area contributed by atoms with Gasteiger partial charge in [-0.15, -0.1) is 13.2 Å². The summed E-state index contributed by atoms with van der Waals surface area (Å²) in [5.74, 6) is 1.30. The molecule has 2 fully saturated rings. The molecule has 2 aliphatic carbocycles.